The zero-order chi connectivity index (χ0) is 70.6. The molecule has 0 radical (unpaired) electrons. The number of hydrogen-bond donors (Lipinski definition) is 12. The van der Waals surface area contributed by atoms with Gasteiger partial charge in [0.05, 0.1) is 43.5 Å². The highest BCUT2D eigenvalue weighted by atomic mass is 16.3. The number of phenolic OH excluding ortho intramolecular Hbond substituents is 1. The molecule has 25 nitrogen and oxygen atoms in total. The van der Waals surface area contributed by atoms with Crippen molar-refractivity contribution < 1.29 is 58.2 Å². The second-order valence-electron chi connectivity index (χ2n) is 25.7. The number of aliphatic imine (C=N–C) groups is 2. The molecule has 532 valence electrons. The molecule has 25 heteroatoms. The number of benzene rings is 2. The van der Waals surface area contributed by atoms with Crippen molar-refractivity contribution in [2.75, 3.05) is 33.3 Å². The van der Waals surface area contributed by atoms with E-state index in [1.54, 1.807) is 42.5 Å². The number of carbonyl (C=O) groups is 10. The van der Waals surface area contributed by atoms with Crippen molar-refractivity contribution in [2.45, 2.75) is 219 Å². The molecule has 0 saturated heterocycles. The molecular weight excluding hydrogens is 1230 g/mol. The quantitative estimate of drug-likeness (QED) is 0.0182. The summed E-state index contributed by atoms with van der Waals surface area (Å²) in [7, 11) is 1.37. The van der Waals surface area contributed by atoms with Crippen molar-refractivity contribution in [3.63, 3.8) is 0 Å². The number of imidazole rings is 1. The number of nitrogens with zero attached hydrogens (tertiary/aromatic N) is 3. The van der Waals surface area contributed by atoms with Gasteiger partial charge in [-0.1, -0.05) is 140 Å². The molecule has 1 aromatic heterocycles. The number of H-pyrrole nitrogens is 1. The number of guanidine groups is 2. The van der Waals surface area contributed by atoms with Gasteiger partial charge in [0.2, 0.25) is 29.5 Å². The van der Waals surface area contributed by atoms with Gasteiger partial charge < -0.3 is 64.7 Å². The average Bonchev–Trinajstić information content (AvgIpc) is 1.52. The predicted octanol–water partition coefficient (Wildman–Crippen LogP) is 5.74. The number of ketones is 5. The summed E-state index contributed by atoms with van der Waals surface area (Å²) in [6.07, 6.45) is 17.5. The number of aromatic nitrogens is 2. The van der Waals surface area contributed by atoms with E-state index in [2.05, 4.69) is 53.5 Å². The van der Waals surface area contributed by atoms with Gasteiger partial charge >= 0.3 is 0 Å². The van der Waals surface area contributed by atoms with Crippen LogP contribution in [0.1, 0.15) is 198 Å². The Balaban J connectivity index is 1.85. The summed E-state index contributed by atoms with van der Waals surface area (Å²) in [4.78, 5) is 155. The predicted molar refractivity (Wildman–Crippen MR) is 370 cm³/mol. The highest BCUT2D eigenvalue weighted by molar-refractivity contribution is 5.98. The largest absolute Gasteiger partial charge is 0.508 e. The third-order valence-electron chi connectivity index (χ3n) is 16.9. The fourth-order valence-corrected chi connectivity index (χ4v) is 11.5. The van der Waals surface area contributed by atoms with Gasteiger partial charge in [0.1, 0.15) is 11.5 Å². The van der Waals surface area contributed by atoms with E-state index in [0.717, 1.165) is 25.7 Å². The molecule has 5 amide bonds. The molecule has 96 heavy (non-hydrogen) atoms. The van der Waals surface area contributed by atoms with E-state index in [1.807, 2.05) is 13.8 Å². The van der Waals surface area contributed by atoms with Gasteiger partial charge in [-0.3, -0.25) is 57.9 Å². The molecule has 0 aliphatic carbocycles. The summed E-state index contributed by atoms with van der Waals surface area (Å²) in [5, 5.41) is 33.6. The molecule has 3 rings (SSSR count). The first kappa shape index (κ1) is 81.9. The van der Waals surface area contributed by atoms with Gasteiger partial charge in [-0.15, -0.1) is 0 Å². The number of aliphatic hydroxyl groups excluding tert-OH is 1. The first-order chi connectivity index (χ1) is 46.0. The number of aromatic hydroxyl groups is 1. The maximum absolute atomic E-state index is 15.0. The average molecular weight is 1340 g/mol. The molecule has 2 aromatic carbocycles. The van der Waals surface area contributed by atoms with Crippen LogP contribution in [0.2, 0.25) is 0 Å². The first-order valence-corrected chi connectivity index (χ1v) is 34.5. The standard InChI is InChI=1S/C71H111N13O12/c1-5-6-7-8-9-10-11-12-13-14-15-16-20-26-56(86)32-33-65(92)80-45-58(88)39-53(37-50-28-30-57(87)31-29-50)69(96)83-60(38-49-23-18-17-19-24-49)63(90)40-51(25-21-34-78-70(72)73)67(94)82-59(27-22-35-79-71(74)75)62(89)41-52(36-48(2)3)68(95)84-61(43-55-44-77-47-81-55)64(91)42-54(46-85)66(93)76-4/h17-19,23-24,28-31,44,47-48,51-54,59-61,85,87H,5-16,20-22,25-27,32-43,45-46H2,1-4H3,(H,76,93)(H,77,81)(H,80,92)(H,82,94)(H,83,96)(H,84,95)(H4,72,73,78)(H4,74,75,79)/t51-,52-,53-,54+,59+,60+,61+/m1/s1. The van der Waals surface area contributed by atoms with E-state index in [1.165, 1.54) is 89.5 Å². The maximum atomic E-state index is 15.0. The lowest BCUT2D eigenvalue weighted by atomic mass is 9.87. The van der Waals surface area contributed by atoms with E-state index < -0.39 is 127 Å². The molecule has 3 aromatic rings. The Hall–Kier alpha value is -8.35. The number of phenols is 1. The van der Waals surface area contributed by atoms with E-state index >= 15 is 0 Å². The minimum atomic E-state index is -1.27. The molecule has 16 N–H and O–H groups in total. The molecule has 1 heterocycles. The van der Waals surface area contributed by atoms with Gasteiger partial charge in [-0.05, 0) is 80.5 Å². The van der Waals surface area contributed by atoms with Crippen molar-refractivity contribution >= 4 is 70.4 Å². The lowest BCUT2D eigenvalue weighted by Crippen LogP contribution is -2.49. The fourth-order valence-electron chi connectivity index (χ4n) is 11.5. The summed E-state index contributed by atoms with van der Waals surface area (Å²) in [6, 6.07) is 11.2. The molecule has 0 aliphatic rings. The van der Waals surface area contributed by atoms with Crippen molar-refractivity contribution in [3.05, 3.63) is 83.9 Å². The van der Waals surface area contributed by atoms with Gasteiger partial charge in [0.15, 0.2) is 35.1 Å². The highest BCUT2D eigenvalue weighted by Crippen LogP contribution is 2.24. The second-order valence-corrected chi connectivity index (χ2v) is 25.7. The van der Waals surface area contributed by atoms with Crippen LogP contribution in [0.15, 0.2) is 77.1 Å². The number of nitrogens with two attached hydrogens (primary N) is 4. The van der Waals surface area contributed by atoms with Crippen LogP contribution >= 0.6 is 0 Å². The lowest BCUT2D eigenvalue weighted by Gasteiger charge is -2.27. The van der Waals surface area contributed by atoms with Crippen LogP contribution in [-0.4, -0.2) is 142 Å². The number of hydrogen-bond acceptors (Lipinski definition) is 15. The second kappa shape index (κ2) is 47.5. The molecule has 0 bridgehead atoms. The minimum absolute atomic E-state index is 0.00603. The summed E-state index contributed by atoms with van der Waals surface area (Å²) in [6.45, 7) is 5.02. The Bertz CT molecular complexity index is 2900. The molecule has 7 atom stereocenters. The van der Waals surface area contributed by atoms with E-state index in [4.69, 9.17) is 22.9 Å². The Morgan fingerprint density at radius 2 is 1.04 bits per heavy atom. The number of carbonyl (C=O) groups excluding carboxylic acids is 10. The summed E-state index contributed by atoms with van der Waals surface area (Å²) in [5.41, 5.74) is 24.3. The Morgan fingerprint density at radius 3 is 1.59 bits per heavy atom. The molecular formula is C71H111N13O12. The first-order valence-electron chi connectivity index (χ1n) is 34.5. The molecule has 0 aliphatic heterocycles. The van der Waals surface area contributed by atoms with Gasteiger partial charge in [0, 0.05) is 101 Å². The van der Waals surface area contributed by atoms with Crippen LogP contribution in [0.4, 0.5) is 0 Å². The van der Waals surface area contributed by atoms with E-state index in [9.17, 15) is 58.2 Å². The normalized spacial score (nSPS) is 13.4. The number of amides is 5. The van der Waals surface area contributed by atoms with E-state index in [-0.39, 0.29) is 113 Å². The number of Topliss-reactive ketones (excluding diaryl/α,β-unsaturated/α-hetero) is 5. The Kier molecular flexibility index (Phi) is 40.5. The summed E-state index contributed by atoms with van der Waals surface area (Å²) < 4.78 is 0. The number of rotatable bonds is 54. The zero-order valence-corrected chi connectivity index (χ0v) is 57.2. The summed E-state index contributed by atoms with van der Waals surface area (Å²) >= 11 is 0. The van der Waals surface area contributed by atoms with Crippen LogP contribution in [-0.2, 0) is 67.2 Å². The Morgan fingerprint density at radius 1 is 0.531 bits per heavy atom. The summed E-state index contributed by atoms with van der Waals surface area (Å²) in [5.74, 6) is -10.2. The number of aromatic amines is 1. The molecule has 0 unspecified atom stereocenters. The third kappa shape index (κ3) is 35.4. The maximum Gasteiger partial charge on any atom is 0.225 e. The SMILES string of the molecule is CCCCCCCCCCCCCCCC(=O)CCC(=O)NCC(=O)C[C@@H](Cc1ccc(O)cc1)C(=O)N[C@@H](Cc1ccccc1)C(=O)C[C@@H](CCCN=C(N)N)C(=O)N[C@@H](CCCN=C(N)N)C(=O)C[C@@H](CC(C)C)C(=O)N[C@@H](Cc1cnc[nH]1)C(=O)C[C@@H](CO)C(=O)NC. The number of unbranched alkanes of at least 4 members (excludes halogenated alkanes) is 12. The topological polar surface area (TPSA) is 429 Å². The van der Waals surface area contributed by atoms with Gasteiger partial charge in [-0.2, -0.15) is 0 Å². The van der Waals surface area contributed by atoms with Gasteiger partial charge in [-0.25, -0.2) is 4.98 Å². The zero-order valence-electron chi connectivity index (χ0n) is 57.2. The molecule has 0 saturated carbocycles. The lowest BCUT2D eigenvalue weighted by molar-refractivity contribution is -0.136. The van der Waals surface area contributed by atoms with E-state index in [0.29, 0.717) is 23.2 Å². The van der Waals surface area contributed by atoms with Crippen molar-refractivity contribution in [3.8, 4) is 5.75 Å². The number of aliphatic hydroxyl groups is 1. The monoisotopic (exact) mass is 1340 g/mol. The minimum Gasteiger partial charge on any atom is -0.508 e. The molecule has 0 fully saturated rings. The van der Waals surface area contributed by atoms with Gasteiger partial charge in [0.25, 0.3) is 0 Å². The third-order valence-corrected chi connectivity index (χ3v) is 16.9. The number of nitrogens with one attached hydrogen (secondary N) is 6. The van der Waals surface area contributed by atoms with Crippen LogP contribution in [0.5, 0.6) is 5.75 Å². The van der Waals surface area contributed by atoms with Crippen molar-refractivity contribution in [2.24, 2.45) is 62.5 Å². The van der Waals surface area contributed by atoms with Crippen molar-refractivity contribution in [1.29, 1.82) is 0 Å². The Labute approximate surface area is 567 Å². The highest BCUT2D eigenvalue weighted by Gasteiger charge is 2.36. The van der Waals surface area contributed by atoms with Crippen LogP contribution in [0.25, 0.3) is 0 Å². The smallest absolute Gasteiger partial charge is 0.225 e. The van der Waals surface area contributed by atoms with Crippen LogP contribution in [0.3, 0.4) is 0 Å². The van der Waals surface area contributed by atoms with Crippen LogP contribution in [0, 0.1) is 29.6 Å². The fraction of sp³-hybridized carbons (Fsp3) is 0.620. The van der Waals surface area contributed by atoms with Crippen LogP contribution < -0.4 is 49.5 Å². The van der Waals surface area contributed by atoms with Crippen molar-refractivity contribution in [1.82, 2.24) is 36.6 Å². The molecule has 0 spiro atoms.